The first-order valence-corrected chi connectivity index (χ1v) is 10.5. The average Bonchev–Trinajstić information content (AvgIpc) is 2.61. The monoisotopic (exact) mass is 368 g/mol. The Morgan fingerprint density at radius 3 is 2.60 bits per heavy atom. The van der Waals surface area contributed by atoms with E-state index in [0.717, 1.165) is 6.04 Å². The van der Waals surface area contributed by atoms with Crippen molar-refractivity contribution in [2.75, 3.05) is 6.61 Å². The summed E-state index contributed by atoms with van der Waals surface area (Å²) in [5, 5.41) is 3.93. The van der Waals surface area contributed by atoms with Gasteiger partial charge in [0.15, 0.2) is 0 Å². The molecule has 1 heterocycles. The van der Waals surface area contributed by atoms with Crippen LogP contribution >= 0.6 is 15.9 Å². The molecule has 112 valence electrons. The van der Waals surface area contributed by atoms with Crippen LogP contribution < -0.4 is 0 Å². The second-order valence-corrected chi connectivity index (χ2v) is 11.9. The van der Waals surface area contributed by atoms with Gasteiger partial charge in [-0.2, -0.15) is 18.3 Å². The Kier molecular flexibility index (Phi) is 5.86. The molecule has 0 amide bonds. The van der Waals surface area contributed by atoms with Gasteiger partial charge < -0.3 is 4.74 Å². The van der Waals surface area contributed by atoms with Crippen LogP contribution in [0.25, 0.3) is 0 Å². The molecule has 1 rings (SSSR count). The maximum atomic E-state index is 12.0. The standard InChI is InChI=1S/C12H16BrF3N2OSi/c1-20(2,3)7-6-19-9-18-11(13)8-10(17-18)4-5-12(14,15)16/h8H,6-7,9H2,1-3H3. The van der Waals surface area contributed by atoms with Gasteiger partial charge >= 0.3 is 6.18 Å². The van der Waals surface area contributed by atoms with E-state index in [2.05, 4.69) is 40.7 Å². The molecule has 20 heavy (non-hydrogen) atoms. The second kappa shape index (κ2) is 6.78. The van der Waals surface area contributed by atoms with Crippen molar-refractivity contribution < 1.29 is 17.9 Å². The Hall–Kier alpha value is -0.783. The first kappa shape index (κ1) is 17.3. The van der Waals surface area contributed by atoms with Crippen molar-refractivity contribution in [2.45, 2.75) is 38.6 Å². The second-order valence-electron chi connectivity index (χ2n) is 5.45. The van der Waals surface area contributed by atoms with E-state index in [9.17, 15) is 13.2 Å². The molecule has 8 heteroatoms. The van der Waals surface area contributed by atoms with Crippen LogP contribution in [-0.4, -0.2) is 30.6 Å². The quantitative estimate of drug-likeness (QED) is 0.448. The number of ether oxygens (including phenoxy) is 1. The van der Waals surface area contributed by atoms with Crippen molar-refractivity contribution in [3.63, 3.8) is 0 Å². The molecule has 0 saturated heterocycles. The van der Waals surface area contributed by atoms with Crippen LogP contribution in [0.2, 0.25) is 25.7 Å². The number of hydrogen-bond donors (Lipinski definition) is 0. The molecule has 0 fully saturated rings. The minimum absolute atomic E-state index is 0.0583. The van der Waals surface area contributed by atoms with Gasteiger partial charge in [0.2, 0.25) is 0 Å². The van der Waals surface area contributed by atoms with Crippen LogP contribution in [0, 0.1) is 11.8 Å². The lowest BCUT2D eigenvalue weighted by atomic mass is 10.4. The molecule has 0 N–H and O–H groups in total. The number of nitrogens with zero attached hydrogens (tertiary/aromatic N) is 2. The summed E-state index contributed by atoms with van der Waals surface area (Å²) in [4.78, 5) is 0. The number of rotatable bonds is 5. The van der Waals surface area contributed by atoms with E-state index >= 15 is 0 Å². The summed E-state index contributed by atoms with van der Waals surface area (Å²) >= 11 is 3.21. The molecule has 0 atom stereocenters. The maximum absolute atomic E-state index is 12.0. The van der Waals surface area contributed by atoms with E-state index in [0.29, 0.717) is 11.2 Å². The largest absolute Gasteiger partial charge is 0.458 e. The molecule has 0 spiro atoms. The SMILES string of the molecule is C[Si](C)(C)CCOCn1nc(C#CC(F)(F)F)cc1Br. The number of hydrogen-bond acceptors (Lipinski definition) is 2. The van der Waals surface area contributed by atoms with Gasteiger partial charge in [-0.25, -0.2) is 4.68 Å². The van der Waals surface area contributed by atoms with Gasteiger partial charge in [-0.05, 0) is 27.9 Å². The molecule has 0 aliphatic heterocycles. The highest BCUT2D eigenvalue weighted by Gasteiger charge is 2.23. The fourth-order valence-corrected chi connectivity index (χ4v) is 2.37. The molecule has 0 radical (unpaired) electrons. The van der Waals surface area contributed by atoms with Gasteiger partial charge in [0.25, 0.3) is 0 Å². The fraction of sp³-hybridized carbons (Fsp3) is 0.583. The fourth-order valence-electron chi connectivity index (χ4n) is 1.21. The Morgan fingerprint density at radius 1 is 1.40 bits per heavy atom. The zero-order valence-corrected chi connectivity index (χ0v) is 14.1. The molecule has 0 aliphatic carbocycles. The van der Waals surface area contributed by atoms with Crippen LogP contribution in [0.4, 0.5) is 13.2 Å². The first-order chi connectivity index (χ1) is 9.07. The molecule has 0 saturated carbocycles. The van der Waals surface area contributed by atoms with Gasteiger partial charge in [0.05, 0.1) is 0 Å². The van der Waals surface area contributed by atoms with Crippen LogP contribution in [-0.2, 0) is 11.5 Å². The van der Waals surface area contributed by atoms with Gasteiger partial charge in [-0.1, -0.05) is 19.6 Å². The lowest BCUT2D eigenvalue weighted by Crippen LogP contribution is -2.22. The predicted molar refractivity (Wildman–Crippen MR) is 77.0 cm³/mol. The lowest BCUT2D eigenvalue weighted by Gasteiger charge is -2.15. The summed E-state index contributed by atoms with van der Waals surface area (Å²) in [7, 11) is -1.15. The van der Waals surface area contributed by atoms with Crippen molar-refractivity contribution in [3.8, 4) is 11.8 Å². The highest BCUT2D eigenvalue weighted by atomic mass is 79.9. The maximum Gasteiger partial charge on any atom is 0.458 e. The minimum atomic E-state index is -4.51. The molecular weight excluding hydrogens is 353 g/mol. The smallest absolute Gasteiger partial charge is 0.359 e. The van der Waals surface area contributed by atoms with Crippen LogP contribution in [0.1, 0.15) is 5.69 Å². The topological polar surface area (TPSA) is 27.1 Å². The van der Waals surface area contributed by atoms with Gasteiger partial charge in [-0.3, -0.25) is 0 Å². The predicted octanol–water partition coefficient (Wildman–Crippen LogP) is 3.87. The number of halogens is 4. The molecule has 1 aromatic heterocycles. The zero-order valence-electron chi connectivity index (χ0n) is 11.5. The lowest BCUT2D eigenvalue weighted by molar-refractivity contribution is -0.0696. The summed E-state index contributed by atoms with van der Waals surface area (Å²) < 4.78 is 43.3. The van der Waals surface area contributed by atoms with E-state index in [4.69, 9.17) is 4.74 Å². The third kappa shape index (κ3) is 7.12. The van der Waals surface area contributed by atoms with Gasteiger partial charge in [0, 0.05) is 26.7 Å². The Morgan fingerprint density at radius 2 is 2.05 bits per heavy atom. The van der Waals surface area contributed by atoms with Crippen molar-refractivity contribution in [2.24, 2.45) is 0 Å². The number of alkyl halides is 3. The Bertz CT molecular complexity index is 511. The van der Waals surface area contributed by atoms with E-state index in [1.165, 1.54) is 16.7 Å². The Balaban J connectivity index is 2.56. The van der Waals surface area contributed by atoms with Crippen molar-refractivity contribution in [3.05, 3.63) is 16.4 Å². The van der Waals surface area contributed by atoms with Gasteiger partial charge in [0.1, 0.15) is 17.0 Å². The molecule has 0 aliphatic rings. The first-order valence-electron chi connectivity index (χ1n) is 5.98. The van der Waals surface area contributed by atoms with E-state index in [-0.39, 0.29) is 12.4 Å². The van der Waals surface area contributed by atoms with Crippen molar-refractivity contribution in [1.82, 2.24) is 9.78 Å². The molecule has 0 bridgehead atoms. The van der Waals surface area contributed by atoms with E-state index in [1.807, 2.05) is 5.92 Å². The van der Waals surface area contributed by atoms with Crippen molar-refractivity contribution in [1.29, 1.82) is 0 Å². The van der Waals surface area contributed by atoms with E-state index < -0.39 is 14.3 Å². The molecule has 3 nitrogen and oxygen atoms in total. The summed E-state index contributed by atoms with van der Waals surface area (Å²) in [6.45, 7) is 7.53. The summed E-state index contributed by atoms with van der Waals surface area (Å²) in [6, 6.07) is 2.45. The highest BCUT2D eigenvalue weighted by molar-refractivity contribution is 9.10. The van der Waals surface area contributed by atoms with Gasteiger partial charge in [-0.15, -0.1) is 0 Å². The molecule has 0 unspecified atom stereocenters. The highest BCUT2D eigenvalue weighted by Crippen LogP contribution is 2.15. The minimum Gasteiger partial charge on any atom is -0.359 e. The molecule has 1 aromatic rings. The van der Waals surface area contributed by atoms with Crippen LogP contribution in [0.15, 0.2) is 10.7 Å². The van der Waals surface area contributed by atoms with Crippen LogP contribution in [0.5, 0.6) is 0 Å². The van der Waals surface area contributed by atoms with E-state index in [1.54, 1.807) is 0 Å². The third-order valence-electron chi connectivity index (χ3n) is 2.27. The summed E-state index contributed by atoms with van der Waals surface area (Å²) in [5.74, 6) is 3.16. The summed E-state index contributed by atoms with van der Waals surface area (Å²) in [5.41, 5.74) is 0.0583. The number of aromatic nitrogens is 2. The summed E-state index contributed by atoms with van der Waals surface area (Å²) in [6.07, 6.45) is -4.51. The Labute approximate surface area is 125 Å². The zero-order chi connectivity index (χ0) is 15.4. The van der Waals surface area contributed by atoms with Crippen LogP contribution in [0.3, 0.4) is 0 Å². The van der Waals surface area contributed by atoms with Crippen molar-refractivity contribution >= 4 is 24.0 Å². The normalized spacial score (nSPS) is 12.2. The molecular formula is C12H16BrF3N2OSi. The third-order valence-corrected chi connectivity index (χ3v) is 4.62. The molecule has 0 aromatic carbocycles. The average molecular weight is 369 g/mol.